The third-order valence-electron chi connectivity index (χ3n) is 4.85. The molecule has 0 heteroatoms. The summed E-state index contributed by atoms with van der Waals surface area (Å²) in [5.74, 6) is 0. The second-order valence-electron chi connectivity index (χ2n) is 6.31. The molecule has 5 rings (SSSR count). The van der Waals surface area contributed by atoms with E-state index >= 15 is 0 Å². The molecule has 0 bridgehead atoms. The first kappa shape index (κ1) is 12.7. The van der Waals surface area contributed by atoms with Gasteiger partial charge < -0.3 is 0 Å². The molecule has 0 saturated heterocycles. The van der Waals surface area contributed by atoms with Gasteiger partial charge >= 0.3 is 0 Å². The van der Waals surface area contributed by atoms with Crippen LogP contribution in [0.15, 0.2) is 72.8 Å². The number of hydrogen-bond acceptors (Lipinski definition) is 0. The second-order valence-corrected chi connectivity index (χ2v) is 6.31. The van der Waals surface area contributed by atoms with Gasteiger partial charge in [0.15, 0.2) is 0 Å². The summed E-state index contributed by atoms with van der Waals surface area (Å²) in [6, 6.07) is 26.3. The van der Waals surface area contributed by atoms with Gasteiger partial charge in [-0.3, -0.25) is 0 Å². The fraction of sp³-hybridized carbons (Fsp3) is 0.0435. The largest absolute Gasteiger partial charge is 0.0622 e. The summed E-state index contributed by atoms with van der Waals surface area (Å²) < 4.78 is 0. The Hall–Kier alpha value is -2.86. The molecule has 0 spiro atoms. The van der Waals surface area contributed by atoms with E-state index in [1.165, 1.54) is 50.1 Å². The summed E-state index contributed by atoms with van der Waals surface area (Å²) in [5.41, 5.74) is 12.2. The molecule has 0 saturated carbocycles. The van der Waals surface area contributed by atoms with E-state index in [4.69, 9.17) is 0 Å². The molecule has 3 aromatic carbocycles. The summed E-state index contributed by atoms with van der Waals surface area (Å²) >= 11 is 0. The van der Waals surface area contributed by atoms with E-state index < -0.39 is 0 Å². The first-order chi connectivity index (χ1) is 11.3. The number of aryl methyl sites for hydroxylation is 1. The van der Waals surface area contributed by atoms with E-state index in [-0.39, 0.29) is 0 Å². The van der Waals surface area contributed by atoms with E-state index in [1.807, 2.05) is 0 Å². The molecular formula is C23H16. The first-order valence-electron chi connectivity index (χ1n) is 8.05. The first-order valence-corrected chi connectivity index (χ1v) is 8.05. The molecule has 0 N–H and O–H groups in total. The molecule has 0 atom stereocenters. The van der Waals surface area contributed by atoms with Crippen LogP contribution in [0, 0.1) is 6.92 Å². The molecule has 108 valence electrons. The Balaban J connectivity index is 1.89. The van der Waals surface area contributed by atoms with Crippen molar-refractivity contribution in [2.24, 2.45) is 0 Å². The van der Waals surface area contributed by atoms with E-state index in [0.717, 1.165) is 0 Å². The Labute approximate surface area is 136 Å². The zero-order valence-corrected chi connectivity index (χ0v) is 13.0. The molecule has 0 unspecified atom stereocenters. The summed E-state index contributed by atoms with van der Waals surface area (Å²) in [6.45, 7) is 2.17. The summed E-state index contributed by atoms with van der Waals surface area (Å²) in [6.07, 6.45) is 2.35. The fourth-order valence-corrected chi connectivity index (χ4v) is 3.84. The maximum atomic E-state index is 2.35. The lowest BCUT2D eigenvalue weighted by Gasteiger charge is -2.10. The van der Waals surface area contributed by atoms with Crippen LogP contribution in [-0.4, -0.2) is 0 Å². The predicted octanol–water partition coefficient (Wildman–Crippen LogP) is 5.82. The van der Waals surface area contributed by atoms with Crippen molar-refractivity contribution in [3.8, 4) is 0 Å². The fourth-order valence-electron chi connectivity index (χ4n) is 3.84. The highest BCUT2D eigenvalue weighted by Gasteiger charge is 2.32. The van der Waals surface area contributed by atoms with E-state index in [2.05, 4.69) is 85.8 Å². The van der Waals surface area contributed by atoms with Gasteiger partial charge in [-0.2, -0.15) is 0 Å². The highest BCUT2D eigenvalue weighted by Crippen LogP contribution is 2.53. The number of benzene rings is 3. The lowest BCUT2D eigenvalue weighted by atomic mass is 9.93. The van der Waals surface area contributed by atoms with Crippen molar-refractivity contribution in [3.63, 3.8) is 0 Å². The molecule has 2 aliphatic rings. The molecule has 0 heterocycles. The van der Waals surface area contributed by atoms with E-state index in [9.17, 15) is 0 Å². The number of allylic oxidation sites excluding steroid dienone is 2. The zero-order valence-electron chi connectivity index (χ0n) is 13.0. The average Bonchev–Trinajstić information content (AvgIpc) is 3.10. The SMILES string of the molecule is Cc1ccc2c(c1)C1=C(c3ccccc3)c3ccccc3C1=C2. The van der Waals surface area contributed by atoms with Gasteiger partial charge in [0.05, 0.1) is 0 Å². The molecule has 2 aliphatic carbocycles. The van der Waals surface area contributed by atoms with Crippen LogP contribution in [0.5, 0.6) is 0 Å². The second kappa shape index (κ2) is 4.57. The maximum absolute atomic E-state index is 2.35. The van der Waals surface area contributed by atoms with Crippen molar-refractivity contribution in [2.75, 3.05) is 0 Å². The summed E-state index contributed by atoms with van der Waals surface area (Å²) in [5, 5.41) is 0. The monoisotopic (exact) mass is 292 g/mol. The van der Waals surface area contributed by atoms with Gasteiger partial charge in [-0.05, 0) is 57.5 Å². The van der Waals surface area contributed by atoms with Gasteiger partial charge in [-0.25, -0.2) is 0 Å². The molecule has 0 nitrogen and oxygen atoms in total. The molecule has 23 heavy (non-hydrogen) atoms. The minimum Gasteiger partial charge on any atom is -0.0622 e. The molecule has 0 fully saturated rings. The topological polar surface area (TPSA) is 0 Å². The van der Waals surface area contributed by atoms with Gasteiger partial charge in [0.1, 0.15) is 0 Å². The van der Waals surface area contributed by atoms with E-state index in [0.29, 0.717) is 0 Å². The van der Waals surface area contributed by atoms with Gasteiger partial charge in [0.2, 0.25) is 0 Å². The molecule has 0 aromatic heterocycles. The molecule has 3 aromatic rings. The van der Waals surface area contributed by atoms with Crippen molar-refractivity contribution >= 4 is 22.8 Å². The minimum atomic E-state index is 1.30. The number of hydrogen-bond donors (Lipinski definition) is 0. The van der Waals surface area contributed by atoms with Crippen molar-refractivity contribution in [3.05, 3.63) is 106 Å². The van der Waals surface area contributed by atoms with Crippen LogP contribution in [0.25, 0.3) is 22.8 Å². The number of rotatable bonds is 1. The Morgan fingerprint density at radius 2 is 1.35 bits per heavy atom. The third kappa shape index (κ3) is 1.72. The van der Waals surface area contributed by atoms with E-state index in [1.54, 1.807) is 0 Å². The lowest BCUT2D eigenvalue weighted by Crippen LogP contribution is -1.89. The van der Waals surface area contributed by atoms with Gasteiger partial charge in [0.25, 0.3) is 0 Å². The molecular weight excluding hydrogens is 276 g/mol. The normalized spacial score (nSPS) is 14.4. The summed E-state index contributed by atoms with van der Waals surface area (Å²) in [4.78, 5) is 0. The third-order valence-corrected chi connectivity index (χ3v) is 4.85. The van der Waals surface area contributed by atoms with Crippen molar-refractivity contribution < 1.29 is 0 Å². The van der Waals surface area contributed by atoms with Crippen LogP contribution < -0.4 is 0 Å². The Morgan fingerprint density at radius 1 is 0.609 bits per heavy atom. The maximum Gasteiger partial charge on any atom is -0.00140 e. The van der Waals surface area contributed by atoms with Gasteiger partial charge in [-0.1, -0.05) is 78.4 Å². The van der Waals surface area contributed by atoms with Gasteiger partial charge in [0, 0.05) is 0 Å². The number of fused-ring (bicyclic) bond motifs is 5. The smallest absolute Gasteiger partial charge is 0.00140 e. The summed E-state index contributed by atoms with van der Waals surface area (Å²) in [7, 11) is 0. The Morgan fingerprint density at radius 3 is 2.17 bits per heavy atom. The van der Waals surface area contributed by atoms with Crippen molar-refractivity contribution in [1.82, 2.24) is 0 Å². The standard InChI is InChI=1S/C23H16/c1-15-11-12-17-14-21-18-9-5-6-10-19(18)22(23(21)20(17)13-15)16-7-3-2-4-8-16/h2-14H,1H3. The lowest BCUT2D eigenvalue weighted by molar-refractivity contribution is 1.45. The van der Waals surface area contributed by atoms with Crippen LogP contribution in [0.2, 0.25) is 0 Å². The van der Waals surface area contributed by atoms with Crippen molar-refractivity contribution in [2.45, 2.75) is 6.92 Å². The highest BCUT2D eigenvalue weighted by atomic mass is 14.3. The van der Waals surface area contributed by atoms with Crippen LogP contribution in [0.4, 0.5) is 0 Å². The predicted molar refractivity (Wildman–Crippen MR) is 97.9 cm³/mol. The van der Waals surface area contributed by atoms with Crippen molar-refractivity contribution in [1.29, 1.82) is 0 Å². The minimum absolute atomic E-state index is 1.30. The van der Waals surface area contributed by atoms with Crippen LogP contribution in [0.3, 0.4) is 0 Å². The quantitative estimate of drug-likeness (QED) is 0.530. The highest BCUT2D eigenvalue weighted by molar-refractivity contribution is 6.31. The van der Waals surface area contributed by atoms with Crippen LogP contribution in [-0.2, 0) is 0 Å². The molecule has 0 aliphatic heterocycles. The molecule has 0 radical (unpaired) electrons. The Bertz CT molecular complexity index is 1000. The Kier molecular flexibility index (Phi) is 2.51. The molecule has 0 amide bonds. The van der Waals surface area contributed by atoms with Gasteiger partial charge in [-0.15, -0.1) is 0 Å². The van der Waals surface area contributed by atoms with Crippen LogP contribution >= 0.6 is 0 Å². The average molecular weight is 292 g/mol. The van der Waals surface area contributed by atoms with Crippen LogP contribution in [0.1, 0.15) is 33.4 Å². The zero-order chi connectivity index (χ0) is 15.4.